The zero-order valence-corrected chi connectivity index (χ0v) is 13.2. The van der Waals surface area contributed by atoms with E-state index < -0.39 is 17.3 Å². The highest BCUT2D eigenvalue weighted by molar-refractivity contribution is 5.92. The minimum Gasteiger partial charge on any atom is -0.481 e. The summed E-state index contributed by atoms with van der Waals surface area (Å²) in [5, 5.41) is 16.8. The Hall–Kier alpha value is -1.89. The van der Waals surface area contributed by atoms with Gasteiger partial charge in [-0.25, -0.2) is 0 Å². The highest BCUT2D eigenvalue weighted by atomic mass is 16.4. The fraction of sp³-hybridized carbons (Fsp3) is 0.667. The molecule has 2 fully saturated rings. The number of hydrogen-bond donors (Lipinski definition) is 2. The number of rotatable bonds is 4. The topological polar surface area (TPSA) is 87.5 Å². The van der Waals surface area contributed by atoms with Crippen LogP contribution in [0.5, 0.6) is 0 Å². The van der Waals surface area contributed by atoms with Crippen LogP contribution in [-0.2, 0) is 22.7 Å². The van der Waals surface area contributed by atoms with Gasteiger partial charge < -0.3 is 10.4 Å². The van der Waals surface area contributed by atoms with Gasteiger partial charge in [-0.2, -0.15) is 5.10 Å². The maximum Gasteiger partial charge on any atom is 0.313 e. The summed E-state index contributed by atoms with van der Waals surface area (Å²) >= 11 is 0. The second-order valence-electron chi connectivity index (χ2n) is 6.37. The second kappa shape index (κ2) is 5.08. The Kier molecular flexibility index (Phi) is 3.47. The van der Waals surface area contributed by atoms with Crippen LogP contribution in [0.3, 0.4) is 0 Å². The van der Waals surface area contributed by atoms with Crippen LogP contribution >= 0.6 is 0 Å². The number of likely N-dealkylation sites (tertiary alicyclic amines) is 1. The molecule has 0 aromatic carbocycles. The maximum absolute atomic E-state index is 11.9. The van der Waals surface area contributed by atoms with Gasteiger partial charge in [-0.15, -0.1) is 0 Å². The van der Waals surface area contributed by atoms with Crippen LogP contribution in [0.1, 0.15) is 23.9 Å². The van der Waals surface area contributed by atoms with E-state index in [4.69, 9.17) is 0 Å². The van der Waals surface area contributed by atoms with Gasteiger partial charge in [0.25, 0.3) is 0 Å². The maximum atomic E-state index is 11.9. The molecule has 0 radical (unpaired) electrons. The molecule has 0 spiro atoms. The summed E-state index contributed by atoms with van der Waals surface area (Å²) in [6.07, 6.45) is 0. The number of carboxylic acid groups (broad SMARTS) is 1. The lowest BCUT2D eigenvalue weighted by Gasteiger charge is -2.22. The Morgan fingerprint density at radius 3 is 2.77 bits per heavy atom. The largest absolute Gasteiger partial charge is 0.481 e. The lowest BCUT2D eigenvalue weighted by Crippen LogP contribution is -2.40. The van der Waals surface area contributed by atoms with E-state index in [9.17, 15) is 14.7 Å². The van der Waals surface area contributed by atoms with Crippen molar-refractivity contribution in [2.75, 3.05) is 19.6 Å². The van der Waals surface area contributed by atoms with E-state index in [2.05, 4.69) is 15.3 Å². The second-order valence-corrected chi connectivity index (χ2v) is 6.37. The first kappa shape index (κ1) is 15.0. The minimum absolute atomic E-state index is 0.136. The fourth-order valence-corrected chi connectivity index (χ4v) is 3.79. The number of carbonyl (C=O) groups excluding carboxylic acids is 1. The summed E-state index contributed by atoms with van der Waals surface area (Å²) in [6.45, 7) is 8.66. The number of aromatic nitrogens is 2. The first-order valence-corrected chi connectivity index (χ1v) is 7.65. The zero-order valence-electron chi connectivity index (χ0n) is 13.2. The van der Waals surface area contributed by atoms with E-state index in [1.165, 1.54) is 0 Å². The Bertz CT molecular complexity index is 639. The number of amides is 1. The van der Waals surface area contributed by atoms with E-state index in [1.54, 1.807) is 0 Å². The third-order valence-electron chi connectivity index (χ3n) is 5.15. The summed E-state index contributed by atoms with van der Waals surface area (Å²) < 4.78 is 1.96. The molecule has 0 saturated carbocycles. The predicted molar refractivity (Wildman–Crippen MR) is 79.2 cm³/mol. The first-order valence-electron chi connectivity index (χ1n) is 7.65. The highest BCUT2D eigenvalue weighted by Crippen LogP contribution is 2.40. The summed E-state index contributed by atoms with van der Waals surface area (Å²) in [6, 6.07) is 0. The molecule has 3 rings (SSSR count). The van der Waals surface area contributed by atoms with Gasteiger partial charge >= 0.3 is 5.97 Å². The molecule has 2 aliphatic rings. The number of fused-ring (bicyclic) bond motifs is 1. The Balaban J connectivity index is 1.83. The molecule has 3 heterocycles. The van der Waals surface area contributed by atoms with E-state index in [1.807, 2.05) is 25.5 Å². The molecule has 1 amide bonds. The molecule has 22 heavy (non-hydrogen) atoms. The van der Waals surface area contributed by atoms with Gasteiger partial charge in [0.1, 0.15) is 5.41 Å². The van der Waals surface area contributed by atoms with E-state index in [0.29, 0.717) is 19.6 Å². The van der Waals surface area contributed by atoms with Crippen molar-refractivity contribution in [2.24, 2.45) is 11.3 Å². The van der Waals surface area contributed by atoms with Gasteiger partial charge in [-0.3, -0.25) is 19.2 Å². The Morgan fingerprint density at radius 2 is 2.23 bits per heavy atom. The van der Waals surface area contributed by atoms with Crippen molar-refractivity contribution in [3.8, 4) is 0 Å². The number of carbonyl (C=O) groups is 2. The average molecular weight is 306 g/mol. The van der Waals surface area contributed by atoms with Crippen molar-refractivity contribution >= 4 is 11.9 Å². The van der Waals surface area contributed by atoms with Crippen molar-refractivity contribution in [2.45, 2.75) is 33.9 Å². The molecule has 0 bridgehead atoms. The molecule has 2 N–H and O–H groups in total. The van der Waals surface area contributed by atoms with E-state index in [0.717, 1.165) is 23.5 Å². The van der Waals surface area contributed by atoms with Crippen molar-refractivity contribution in [1.29, 1.82) is 0 Å². The van der Waals surface area contributed by atoms with Crippen molar-refractivity contribution in [1.82, 2.24) is 20.0 Å². The molecule has 7 heteroatoms. The van der Waals surface area contributed by atoms with Gasteiger partial charge in [0, 0.05) is 44.0 Å². The number of aryl methyl sites for hydroxylation is 2. The van der Waals surface area contributed by atoms with Gasteiger partial charge in [-0.05, 0) is 20.8 Å². The summed E-state index contributed by atoms with van der Waals surface area (Å²) in [5.74, 6) is -1.47. The van der Waals surface area contributed by atoms with Crippen molar-refractivity contribution < 1.29 is 14.7 Å². The minimum atomic E-state index is -0.973. The van der Waals surface area contributed by atoms with Crippen molar-refractivity contribution in [3.05, 3.63) is 17.0 Å². The fourth-order valence-electron chi connectivity index (χ4n) is 3.79. The third-order valence-corrected chi connectivity index (χ3v) is 5.15. The molecular weight excluding hydrogens is 284 g/mol. The van der Waals surface area contributed by atoms with Crippen LogP contribution in [0.2, 0.25) is 0 Å². The van der Waals surface area contributed by atoms with Crippen LogP contribution in [0.25, 0.3) is 0 Å². The number of hydrogen-bond acceptors (Lipinski definition) is 4. The Morgan fingerprint density at radius 1 is 1.50 bits per heavy atom. The predicted octanol–water partition coefficient (Wildman–Crippen LogP) is 0.152. The van der Waals surface area contributed by atoms with Crippen LogP contribution in [0, 0.1) is 25.2 Å². The number of nitrogens with zero attached hydrogens (tertiary/aromatic N) is 3. The number of nitrogens with one attached hydrogen (secondary N) is 1. The molecule has 2 aliphatic heterocycles. The lowest BCUT2D eigenvalue weighted by molar-refractivity contribution is -0.149. The number of carboxylic acids is 1. The van der Waals surface area contributed by atoms with E-state index in [-0.39, 0.29) is 12.5 Å². The zero-order chi connectivity index (χ0) is 16.1. The van der Waals surface area contributed by atoms with Gasteiger partial charge in [0.05, 0.1) is 11.6 Å². The quantitative estimate of drug-likeness (QED) is 0.827. The molecule has 0 unspecified atom stereocenters. The molecule has 7 nitrogen and oxygen atoms in total. The van der Waals surface area contributed by atoms with Crippen LogP contribution in [0.15, 0.2) is 0 Å². The monoisotopic (exact) mass is 306 g/mol. The van der Waals surface area contributed by atoms with Gasteiger partial charge in [-0.1, -0.05) is 0 Å². The molecule has 120 valence electrons. The third kappa shape index (κ3) is 2.03. The van der Waals surface area contributed by atoms with Crippen LogP contribution in [0.4, 0.5) is 0 Å². The Labute approximate surface area is 129 Å². The summed E-state index contributed by atoms with van der Waals surface area (Å²) in [7, 11) is 0. The van der Waals surface area contributed by atoms with E-state index >= 15 is 0 Å². The molecule has 1 aromatic rings. The van der Waals surface area contributed by atoms with Crippen LogP contribution < -0.4 is 5.32 Å². The summed E-state index contributed by atoms with van der Waals surface area (Å²) in [5.41, 5.74) is 2.26. The van der Waals surface area contributed by atoms with Gasteiger partial charge in [0.2, 0.25) is 5.91 Å². The molecule has 2 atom stereocenters. The molecule has 1 aromatic heterocycles. The molecular formula is C15H22N4O3. The normalized spacial score (nSPS) is 28.0. The first-order chi connectivity index (χ1) is 10.4. The SMILES string of the molecule is CCn1nc(C)c(CN2C[C@@H]3C(=O)NC[C@]3(C(=O)O)C2)c1C. The molecule has 0 aliphatic carbocycles. The summed E-state index contributed by atoms with van der Waals surface area (Å²) in [4.78, 5) is 25.7. The van der Waals surface area contributed by atoms with Gasteiger partial charge in [0.15, 0.2) is 0 Å². The smallest absolute Gasteiger partial charge is 0.313 e. The highest BCUT2D eigenvalue weighted by Gasteiger charge is 2.59. The average Bonchev–Trinajstić information content (AvgIpc) is 3.07. The molecule has 2 saturated heterocycles. The van der Waals surface area contributed by atoms with Crippen LogP contribution in [-0.4, -0.2) is 51.3 Å². The number of aliphatic carboxylic acids is 1. The van der Waals surface area contributed by atoms with Crippen molar-refractivity contribution in [3.63, 3.8) is 0 Å². The lowest BCUT2D eigenvalue weighted by atomic mass is 9.81. The standard InChI is InChI=1S/C15H22N4O3/c1-4-19-10(3)11(9(2)17-19)5-18-6-12-13(20)16-7-15(12,8-18)14(21)22/h12H,4-8H2,1-3H3,(H,16,20)(H,21,22)/t12-,15+/m1/s1.